The van der Waals surface area contributed by atoms with Crippen LogP contribution >= 0.6 is 11.3 Å². The van der Waals surface area contributed by atoms with Crippen LogP contribution in [0.1, 0.15) is 18.7 Å². The molecule has 0 aliphatic heterocycles. The smallest absolute Gasteiger partial charge is 0.330 e. The number of halogens is 4. The van der Waals surface area contributed by atoms with E-state index in [1.807, 2.05) is 0 Å². The Morgan fingerprint density at radius 2 is 2.06 bits per heavy atom. The summed E-state index contributed by atoms with van der Waals surface area (Å²) in [5, 5.41) is 1.73. The van der Waals surface area contributed by atoms with Crippen molar-refractivity contribution < 1.29 is 22.4 Å². The van der Waals surface area contributed by atoms with Gasteiger partial charge in [0.25, 0.3) is 5.91 Å². The molecule has 0 aliphatic rings. The molecular formula is C11H13F4NOS. The predicted octanol–water partition coefficient (Wildman–Crippen LogP) is 3.39. The Labute approximate surface area is 106 Å². The van der Waals surface area contributed by atoms with E-state index in [9.17, 15) is 22.4 Å². The number of carbonyl (C=O) groups is 1. The van der Waals surface area contributed by atoms with Gasteiger partial charge in [0.05, 0.1) is 6.54 Å². The van der Waals surface area contributed by atoms with Gasteiger partial charge in [-0.1, -0.05) is 6.07 Å². The first-order valence-electron chi connectivity index (χ1n) is 5.26. The van der Waals surface area contributed by atoms with Crippen molar-refractivity contribution in [3.8, 4) is 0 Å². The molecule has 0 aliphatic carbocycles. The average molecular weight is 283 g/mol. The summed E-state index contributed by atoms with van der Waals surface area (Å²) in [6, 6.07) is 2.78. The third-order valence-electron chi connectivity index (χ3n) is 2.35. The Morgan fingerprint density at radius 3 is 2.44 bits per heavy atom. The monoisotopic (exact) mass is 283 g/mol. The van der Waals surface area contributed by atoms with Crippen molar-refractivity contribution in [3.05, 3.63) is 22.4 Å². The van der Waals surface area contributed by atoms with Crippen molar-refractivity contribution >= 4 is 17.2 Å². The maximum Gasteiger partial charge on any atom is 0.383 e. The van der Waals surface area contributed by atoms with Crippen LogP contribution < -0.4 is 0 Å². The Hall–Kier alpha value is -1.11. The molecule has 0 fully saturated rings. The molecule has 0 saturated heterocycles. The fraction of sp³-hybridized carbons (Fsp3) is 0.545. The van der Waals surface area contributed by atoms with E-state index >= 15 is 0 Å². The second-order valence-corrected chi connectivity index (χ2v) is 5.06. The predicted molar refractivity (Wildman–Crippen MR) is 61.0 cm³/mol. The van der Waals surface area contributed by atoms with Crippen LogP contribution in [-0.4, -0.2) is 29.2 Å². The average Bonchev–Trinajstić information content (AvgIpc) is 2.76. The fourth-order valence-corrected chi connectivity index (χ4v) is 2.05. The molecule has 0 atom stereocenters. The molecule has 2 nitrogen and oxygen atoms in total. The number of nitrogens with zero attached hydrogens (tertiary/aromatic N) is 1. The van der Waals surface area contributed by atoms with Gasteiger partial charge >= 0.3 is 12.3 Å². The summed E-state index contributed by atoms with van der Waals surface area (Å²) in [6.07, 6.45) is -3.99. The van der Waals surface area contributed by atoms with Gasteiger partial charge in [-0.3, -0.25) is 4.79 Å². The first-order chi connectivity index (χ1) is 8.26. The summed E-state index contributed by atoms with van der Waals surface area (Å²) >= 11 is 1.28. The van der Waals surface area contributed by atoms with Gasteiger partial charge in [0.15, 0.2) is 0 Å². The van der Waals surface area contributed by atoms with Gasteiger partial charge in [-0.05, 0) is 25.3 Å². The molecule has 0 saturated carbocycles. The molecule has 0 unspecified atom stereocenters. The van der Waals surface area contributed by atoms with Crippen molar-refractivity contribution in [2.45, 2.75) is 38.8 Å². The van der Waals surface area contributed by atoms with E-state index in [0.717, 1.165) is 4.90 Å². The third-order valence-corrected chi connectivity index (χ3v) is 3.21. The van der Waals surface area contributed by atoms with Gasteiger partial charge in [0.2, 0.25) is 0 Å². The molecule has 0 radical (unpaired) electrons. The Morgan fingerprint density at radius 1 is 1.44 bits per heavy atom. The standard InChI is InChI=1S/C11H13F4NOS/c1-7(2)16(6-8-4-3-5-18-8)10(17)11(14,15)9(12)13/h3-5,7,9H,6H2,1-2H3. The fourth-order valence-electron chi connectivity index (χ4n) is 1.34. The largest absolute Gasteiger partial charge is 0.383 e. The van der Waals surface area contributed by atoms with Crippen LogP contribution in [0.2, 0.25) is 0 Å². The molecule has 18 heavy (non-hydrogen) atoms. The van der Waals surface area contributed by atoms with Crippen LogP contribution in [0.3, 0.4) is 0 Å². The van der Waals surface area contributed by atoms with Crippen LogP contribution in [0.4, 0.5) is 17.6 Å². The highest BCUT2D eigenvalue weighted by atomic mass is 32.1. The van der Waals surface area contributed by atoms with E-state index in [2.05, 4.69) is 0 Å². The van der Waals surface area contributed by atoms with Crippen LogP contribution in [-0.2, 0) is 11.3 Å². The molecule has 0 aromatic carbocycles. The summed E-state index contributed by atoms with van der Waals surface area (Å²) in [5.41, 5.74) is 0. The molecule has 0 N–H and O–H groups in total. The van der Waals surface area contributed by atoms with E-state index in [1.165, 1.54) is 25.2 Å². The molecule has 0 bridgehead atoms. The molecule has 1 heterocycles. The van der Waals surface area contributed by atoms with Crippen molar-refractivity contribution in [2.24, 2.45) is 0 Å². The summed E-state index contributed by atoms with van der Waals surface area (Å²) in [7, 11) is 0. The molecule has 1 amide bonds. The minimum Gasteiger partial charge on any atom is -0.330 e. The highest BCUT2D eigenvalue weighted by Crippen LogP contribution is 2.27. The number of alkyl halides is 4. The van der Waals surface area contributed by atoms with Gasteiger partial charge in [0, 0.05) is 10.9 Å². The lowest BCUT2D eigenvalue weighted by Crippen LogP contribution is -2.49. The quantitative estimate of drug-likeness (QED) is 0.759. The zero-order valence-electron chi connectivity index (χ0n) is 9.87. The van der Waals surface area contributed by atoms with Gasteiger partial charge in [0.1, 0.15) is 0 Å². The number of carbonyl (C=O) groups excluding carboxylic acids is 1. The second kappa shape index (κ2) is 5.69. The molecule has 1 rings (SSSR count). The van der Waals surface area contributed by atoms with Crippen LogP contribution in [0.25, 0.3) is 0 Å². The zero-order valence-corrected chi connectivity index (χ0v) is 10.7. The van der Waals surface area contributed by atoms with E-state index < -0.39 is 24.3 Å². The summed E-state index contributed by atoms with van der Waals surface area (Å²) in [6.45, 7) is 2.93. The molecule has 102 valence electrons. The van der Waals surface area contributed by atoms with Crippen molar-refractivity contribution in [1.29, 1.82) is 0 Å². The van der Waals surface area contributed by atoms with Gasteiger partial charge in [-0.2, -0.15) is 8.78 Å². The van der Waals surface area contributed by atoms with Crippen LogP contribution in [0, 0.1) is 0 Å². The SMILES string of the molecule is CC(C)N(Cc1cccs1)C(=O)C(F)(F)C(F)F. The second-order valence-electron chi connectivity index (χ2n) is 4.03. The first kappa shape index (κ1) is 14.9. The maximum absolute atomic E-state index is 13.0. The molecule has 1 aromatic rings. The van der Waals surface area contributed by atoms with E-state index in [1.54, 1.807) is 17.5 Å². The molecule has 1 aromatic heterocycles. The lowest BCUT2D eigenvalue weighted by molar-refractivity contribution is -0.182. The lowest BCUT2D eigenvalue weighted by Gasteiger charge is -2.29. The van der Waals surface area contributed by atoms with Crippen molar-refractivity contribution in [3.63, 3.8) is 0 Å². The van der Waals surface area contributed by atoms with Crippen LogP contribution in [0.5, 0.6) is 0 Å². The van der Waals surface area contributed by atoms with Gasteiger partial charge in [-0.15, -0.1) is 11.3 Å². The normalized spacial score (nSPS) is 12.2. The topological polar surface area (TPSA) is 20.3 Å². The maximum atomic E-state index is 13.0. The summed E-state index contributed by atoms with van der Waals surface area (Å²) in [4.78, 5) is 12.9. The first-order valence-corrected chi connectivity index (χ1v) is 6.14. The highest BCUT2D eigenvalue weighted by molar-refractivity contribution is 7.09. The number of hydrogen-bond donors (Lipinski definition) is 0. The van der Waals surface area contributed by atoms with Crippen molar-refractivity contribution in [1.82, 2.24) is 4.90 Å². The Kier molecular flexibility index (Phi) is 4.72. The molecule has 7 heteroatoms. The van der Waals surface area contributed by atoms with Crippen LogP contribution in [0.15, 0.2) is 17.5 Å². The summed E-state index contributed by atoms with van der Waals surface area (Å²) < 4.78 is 50.4. The highest BCUT2D eigenvalue weighted by Gasteiger charge is 2.51. The minimum atomic E-state index is -4.64. The Bertz CT molecular complexity index is 392. The van der Waals surface area contributed by atoms with Gasteiger partial charge < -0.3 is 4.90 Å². The lowest BCUT2D eigenvalue weighted by atomic mass is 10.2. The minimum absolute atomic E-state index is 0.0868. The van der Waals surface area contributed by atoms with E-state index in [0.29, 0.717) is 4.88 Å². The molecular weight excluding hydrogens is 270 g/mol. The van der Waals surface area contributed by atoms with E-state index in [4.69, 9.17) is 0 Å². The number of hydrogen-bond acceptors (Lipinski definition) is 2. The summed E-state index contributed by atoms with van der Waals surface area (Å²) in [5.74, 6) is -6.47. The third kappa shape index (κ3) is 3.22. The van der Waals surface area contributed by atoms with Crippen molar-refractivity contribution in [2.75, 3.05) is 0 Å². The number of thiophene rings is 1. The number of rotatable bonds is 5. The zero-order chi connectivity index (χ0) is 13.9. The number of amides is 1. The molecule has 0 spiro atoms. The van der Waals surface area contributed by atoms with E-state index in [-0.39, 0.29) is 6.54 Å². The van der Waals surface area contributed by atoms with Gasteiger partial charge in [-0.25, -0.2) is 8.78 Å². The Balaban J connectivity index is 2.89.